The van der Waals surface area contributed by atoms with E-state index in [1.54, 1.807) is 0 Å². The summed E-state index contributed by atoms with van der Waals surface area (Å²) < 4.78 is 72.5. The average Bonchev–Trinajstić information content (AvgIpc) is 2.89. The van der Waals surface area contributed by atoms with Gasteiger partial charge in [-0.3, -0.25) is 4.79 Å². The molecule has 0 spiro atoms. The number of halogens is 4. The molecule has 1 heterocycles. The fraction of sp³-hybridized carbons (Fsp3) is 0.176. The van der Waals surface area contributed by atoms with Gasteiger partial charge in [-0.25, -0.2) is 0 Å². The van der Waals surface area contributed by atoms with Gasteiger partial charge in [-0.2, -0.15) is 21.6 Å². The Kier molecular flexibility index (Phi) is 5.32. The third-order valence-corrected chi connectivity index (χ3v) is 5.82. The van der Waals surface area contributed by atoms with Crippen molar-refractivity contribution in [2.75, 3.05) is 0 Å². The summed E-state index contributed by atoms with van der Waals surface area (Å²) in [5.41, 5.74) is -0.538. The van der Waals surface area contributed by atoms with Gasteiger partial charge in [0.25, 0.3) is 10.0 Å². The van der Waals surface area contributed by atoms with E-state index in [2.05, 4.69) is 20.3 Å². The van der Waals surface area contributed by atoms with Gasteiger partial charge < -0.3 is 14.9 Å². The Hall–Kier alpha value is -2.28. The van der Waals surface area contributed by atoms with Crippen LogP contribution in [0.5, 0.6) is 0 Å². The fourth-order valence-electron chi connectivity index (χ4n) is 2.51. The molecule has 1 aliphatic rings. The highest BCUT2D eigenvalue weighted by Crippen LogP contribution is 2.36. The molecule has 2 aromatic rings. The number of hydrogen-bond acceptors (Lipinski definition) is 6. The molecule has 1 atom stereocenters. The van der Waals surface area contributed by atoms with Gasteiger partial charge in [0.15, 0.2) is 0 Å². The van der Waals surface area contributed by atoms with Crippen LogP contribution in [0.4, 0.5) is 13.2 Å². The van der Waals surface area contributed by atoms with Gasteiger partial charge in [-0.1, -0.05) is 40.2 Å². The lowest BCUT2D eigenvalue weighted by Crippen LogP contribution is -2.59. The number of carbonyl (C=O) groups is 1. The zero-order valence-electron chi connectivity index (χ0n) is 14.1. The van der Waals surface area contributed by atoms with Crippen molar-refractivity contribution in [3.63, 3.8) is 0 Å². The molecule has 1 unspecified atom stereocenters. The molecular weight excluding hydrogens is 483 g/mol. The Labute approximate surface area is 170 Å². The highest BCUT2D eigenvalue weighted by molar-refractivity contribution is 9.10. The van der Waals surface area contributed by atoms with E-state index in [0.29, 0.717) is 4.47 Å². The monoisotopic (exact) mass is 493 g/mol. The standard InChI is InChI=1S/C17H11BrF3NO6S/c18-10-7-5-9(6-8-10)13(23)14(16(24,25)17(19,20)21)28-15-11-3-1-2-4-12(11)29(26,27)22-15/h1-8,14,24-25H. The Bertz CT molecular complexity index is 1100. The lowest BCUT2D eigenvalue weighted by atomic mass is 9.99. The number of hydrogen-bond donors (Lipinski definition) is 2. The number of alkyl halides is 3. The van der Waals surface area contributed by atoms with Crippen LogP contribution in [0.2, 0.25) is 0 Å². The van der Waals surface area contributed by atoms with Crippen molar-refractivity contribution in [2.24, 2.45) is 4.40 Å². The van der Waals surface area contributed by atoms with Gasteiger partial charge >= 0.3 is 12.0 Å². The molecule has 0 radical (unpaired) electrons. The topological polar surface area (TPSA) is 113 Å². The third kappa shape index (κ3) is 3.92. The van der Waals surface area contributed by atoms with E-state index >= 15 is 0 Å². The normalized spacial score (nSPS) is 16.7. The maximum absolute atomic E-state index is 13.2. The van der Waals surface area contributed by atoms with Crippen LogP contribution in [-0.2, 0) is 14.8 Å². The molecule has 2 aromatic carbocycles. The second-order valence-electron chi connectivity index (χ2n) is 5.96. The van der Waals surface area contributed by atoms with Gasteiger partial charge in [0.1, 0.15) is 4.90 Å². The van der Waals surface area contributed by atoms with Crippen LogP contribution in [-0.4, -0.2) is 48.4 Å². The van der Waals surface area contributed by atoms with E-state index in [0.717, 1.165) is 18.2 Å². The first-order valence-electron chi connectivity index (χ1n) is 7.77. The summed E-state index contributed by atoms with van der Waals surface area (Å²) in [6, 6.07) is 10.0. The summed E-state index contributed by atoms with van der Waals surface area (Å²) >= 11 is 3.10. The molecule has 0 bridgehead atoms. The van der Waals surface area contributed by atoms with Gasteiger partial charge in [0.05, 0.1) is 5.56 Å². The van der Waals surface area contributed by atoms with Gasteiger partial charge in [0, 0.05) is 10.0 Å². The van der Waals surface area contributed by atoms with Crippen molar-refractivity contribution in [1.29, 1.82) is 0 Å². The predicted octanol–water partition coefficient (Wildman–Crippen LogP) is 2.41. The number of aliphatic hydroxyl groups is 2. The third-order valence-electron chi connectivity index (χ3n) is 3.98. The summed E-state index contributed by atoms with van der Waals surface area (Å²) in [4.78, 5) is 12.3. The number of rotatable bonds is 4. The van der Waals surface area contributed by atoms with E-state index in [1.807, 2.05) is 0 Å². The maximum atomic E-state index is 13.2. The fourth-order valence-corrected chi connectivity index (χ4v) is 3.91. The van der Waals surface area contributed by atoms with E-state index in [-0.39, 0.29) is 16.0 Å². The zero-order chi connectivity index (χ0) is 21.6. The zero-order valence-corrected chi connectivity index (χ0v) is 16.5. The molecule has 29 heavy (non-hydrogen) atoms. The second-order valence-corrected chi connectivity index (χ2v) is 8.45. The summed E-state index contributed by atoms with van der Waals surface area (Å²) in [6.07, 6.45) is -8.64. The summed E-state index contributed by atoms with van der Waals surface area (Å²) in [6.45, 7) is 0. The largest absolute Gasteiger partial charge is 0.459 e. The van der Waals surface area contributed by atoms with Gasteiger partial charge in [-0.15, -0.1) is 4.40 Å². The molecule has 0 saturated heterocycles. The minimum absolute atomic E-state index is 0.209. The van der Waals surface area contributed by atoms with Crippen molar-refractivity contribution in [3.8, 4) is 0 Å². The number of fused-ring (bicyclic) bond motifs is 1. The first-order valence-corrected chi connectivity index (χ1v) is 10.00. The van der Waals surface area contributed by atoms with Crippen molar-refractivity contribution < 1.29 is 41.3 Å². The Balaban J connectivity index is 2.08. The number of carbonyl (C=O) groups excluding carboxylic acids is 1. The van der Waals surface area contributed by atoms with Crippen molar-refractivity contribution >= 4 is 37.6 Å². The van der Waals surface area contributed by atoms with Crippen LogP contribution >= 0.6 is 15.9 Å². The number of sulfonamides is 1. The molecule has 1 aliphatic heterocycles. The molecule has 0 amide bonds. The molecule has 7 nitrogen and oxygen atoms in total. The lowest BCUT2D eigenvalue weighted by molar-refractivity contribution is -0.367. The molecule has 0 fully saturated rings. The Morgan fingerprint density at radius 1 is 1.07 bits per heavy atom. The minimum atomic E-state index is -5.69. The van der Waals surface area contributed by atoms with E-state index in [1.165, 1.54) is 30.3 Å². The van der Waals surface area contributed by atoms with Crippen LogP contribution in [0.15, 0.2) is 62.3 Å². The van der Waals surface area contributed by atoms with Gasteiger partial charge in [-0.05, 0) is 24.3 Å². The first-order chi connectivity index (χ1) is 13.3. The van der Waals surface area contributed by atoms with Crippen LogP contribution in [0.1, 0.15) is 15.9 Å². The van der Waals surface area contributed by atoms with Crippen LogP contribution in [0, 0.1) is 0 Å². The summed E-state index contributed by atoms with van der Waals surface area (Å²) in [5.74, 6) is -6.92. The Morgan fingerprint density at radius 3 is 2.24 bits per heavy atom. The SMILES string of the molecule is O=C(c1ccc(Br)cc1)C(OC1=NS(=O)(=O)c2ccccc21)C(O)(O)C(F)(F)F. The van der Waals surface area contributed by atoms with E-state index in [9.17, 15) is 36.6 Å². The van der Waals surface area contributed by atoms with Crippen molar-refractivity contribution in [1.82, 2.24) is 0 Å². The summed E-state index contributed by atoms with van der Waals surface area (Å²) in [7, 11) is -4.28. The van der Waals surface area contributed by atoms with Crippen LogP contribution in [0.3, 0.4) is 0 Å². The number of Topliss-reactive ketones (excluding diaryl/α,β-unsaturated/α-hetero) is 1. The number of benzene rings is 2. The maximum Gasteiger partial charge on any atom is 0.447 e. The van der Waals surface area contributed by atoms with E-state index in [4.69, 9.17) is 4.74 Å². The average molecular weight is 494 g/mol. The molecule has 0 saturated carbocycles. The molecular formula is C17H11BrF3NO6S. The molecule has 2 N–H and O–H groups in total. The van der Waals surface area contributed by atoms with Gasteiger partial charge in [0.2, 0.25) is 17.8 Å². The molecule has 3 rings (SSSR count). The minimum Gasteiger partial charge on any atom is -0.459 e. The van der Waals surface area contributed by atoms with E-state index < -0.39 is 39.8 Å². The lowest BCUT2D eigenvalue weighted by Gasteiger charge is -2.31. The van der Waals surface area contributed by atoms with Crippen LogP contribution < -0.4 is 0 Å². The highest BCUT2D eigenvalue weighted by Gasteiger charge is 2.62. The second kappa shape index (κ2) is 7.20. The number of nitrogens with zero attached hydrogens (tertiary/aromatic N) is 1. The summed E-state index contributed by atoms with van der Waals surface area (Å²) in [5, 5.41) is 19.4. The first kappa shape index (κ1) is 21.4. The molecule has 12 heteroatoms. The quantitative estimate of drug-likeness (QED) is 0.499. The van der Waals surface area contributed by atoms with Crippen molar-refractivity contribution in [3.05, 3.63) is 64.1 Å². The number of ether oxygens (including phenoxy) is 1. The molecule has 154 valence electrons. The smallest absolute Gasteiger partial charge is 0.447 e. The number of ketones is 1. The highest BCUT2D eigenvalue weighted by atomic mass is 79.9. The van der Waals surface area contributed by atoms with Crippen molar-refractivity contribution in [2.45, 2.75) is 23.0 Å². The molecule has 0 aromatic heterocycles. The predicted molar refractivity (Wildman–Crippen MR) is 96.7 cm³/mol. The van der Waals surface area contributed by atoms with Crippen LogP contribution in [0.25, 0.3) is 0 Å². The molecule has 0 aliphatic carbocycles. The Morgan fingerprint density at radius 2 is 1.66 bits per heavy atom.